The SMILES string of the molecule is Fc1ccc(Br)c(OCCCN2CCCC2)c1. The van der Waals surface area contributed by atoms with Gasteiger partial charge in [-0.3, -0.25) is 0 Å². The van der Waals surface area contributed by atoms with Gasteiger partial charge in [0, 0.05) is 12.6 Å². The van der Waals surface area contributed by atoms with E-state index in [1.54, 1.807) is 6.07 Å². The summed E-state index contributed by atoms with van der Waals surface area (Å²) in [5.41, 5.74) is 0. The number of benzene rings is 1. The standard InChI is InChI=1S/C13H17BrFNO/c14-12-5-4-11(15)10-13(12)17-9-3-8-16-6-1-2-7-16/h4-5,10H,1-3,6-9H2. The van der Waals surface area contributed by atoms with Gasteiger partial charge in [-0.25, -0.2) is 4.39 Å². The Hall–Kier alpha value is -0.610. The molecule has 0 N–H and O–H groups in total. The molecule has 2 nitrogen and oxygen atoms in total. The maximum Gasteiger partial charge on any atom is 0.136 e. The van der Waals surface area contributed by atoms with E-state index in [4.69, 9.17) is 4.74 Å². The Morgan fingerprint density at radius 1 is 1.29 bits per heavy atom. The lowest BCUT2D eigenvalue weighted by Crippen LogP contribution is -2.21. The molecule has 1 aliphatic rings. The highest BCUT2D eigenvalue weighted by atomic mass is 79.9. The summed E-state index contributed by atoms with van der Waals surface area (Å²) in [6.45, 7) is 4.14. The monoisotopic (exact) mass is 301 g/mol. The van der Waals surface area contributed by atoms with Crippen molar-refractivity contribution in [3.8, 4) is 5.75 Å². The number of hydrogen-bond acceptors (Lipinski definition) is 2. The van der Waals surface area contributed by atoms with Gasteiger partial charge >= 0.3 is 0 Å². The van der Waals surface area contributed by atoms with Crippen molar-refractivity contribution in [1.82, 2.24) is 4.90 Å². The van der Waals surface area contributed by atoms with Crippen LogP contribution in [-0.2, 0) is 0 Å². The molecule has 1 aromatic rings. The normalized spacial score (nSPS) is 16.4. The van der Waals surface area contributed by atoms with E-state index >= 15 is 0 Å². The summed E-state index contributed by atoms with van der Waals surface area (Å²) in [5, 5.41) is 0. The van der Waals surface area contributed by atoms with Crippen molar-refractivity contribution >= 4 is 15.9 Å². The fourth-order valence-electron chi connectivity index (χ4n) is 2.06. The molecule has 0 unspecified atom stereocenters. The summed E-state index contributed by atoms with van der Waals surface area (Å²) < 4.78 is 19.4. The van der Waals surface area contributed by atoms with E-state index in [0.29, 0.717) is 12.4 Å². The molecule has 2 rings (SSSR count). The van der Waals surface area contributed by atoms with Crippen molar-refractivity contribution in [2.24, 2.45) is 0 Å². The van der Waals surface area contributed by atoms with E-state index in [2.05, 4.69) is 20.8 Å². The van der Waals surface area contributed by atoms with Crippen LogP contribution in [0.25, 0.3) is 0 Å². The number of hydrogen-bond donors (Lipinski definition) is 0. The van der Waals surface area contributed by atoms with Crippen LogP contribution in [0.5, 0.6) is 5.75 Å². The van der Waals surface area contributed by atoms with E-state index in [9.17, 15) is 4.39 Å². The van der Waals surface area contributed by atoms with Gasteiger partial charge in [0.15, 0.2) is 0 Å². The number of halogens is 2. The molecule has 0 atom stereocenters. The van der Waals surface area contributed by atoms with Crippen LogP contribution in [0.2, 0.25) is 0 Å². The Balaban J connectivity index is 1.72. The first-order chi connectivity index (χ1) is 8.25. The Morgan fingerprint density at radius 3 is 2.82 bits per heavy atom. The quantitative estimate of drug-likeness (QED) is 0.772. The van der Waals surface area contributed by atoms with E-state index in [-0.39, 0.29) is 5.82 Å². The Bertz CT molecular complexity index is 366. The number of rotatable bonds is 5. The molecule has 0 bridgehead atoms. The Morgan fingerprint density at radius 2 is 2.06 bits per heavy atom. The van der Waals surface area contributed by atoms with E-state index in [1.807, 2.05) is 0 Å². The van der Waals surface area contributed by atoms with E-state index < -0.39 is 0 Å². The van der Waals surface area contributed by atoms with Crippen LogP contribution in [0.4, 0.5) is 4.39 Å². The second-order valence-corrected chi connectivity index (χ2v) is 5.18. The van der Waals surface area contributed by atoms with Gasteiger partial charge in [0.25, 0.3) is 0 Å². The van der Waals surface area contributed by atoms with Crippen molar-refractivity contribution in [2.75, 3.05) is 26.2 Å². The maximum atomic E-state index is 13.0. The fraction of sp³-hybridized carbons (Fsp3) is 0.538. The molecule has 0 saturated carbocycles. The minimum absolute atomic E-state index is 0.261. The van der Waals surface area contributed by atoms with Gasteiger partial charge < -0.3 is 9.64 Å². The number of ether oxygens (including phenoxy) is 1. The van der Waals surface area contributed by atoms with Crippen molar-refractivity contribution in [1.29, 1.82) is 0 Å². The van der Waals surface area contributed by atoms with Gasteiger partial charge in [-0.05, 0) is 60.4 Å². The Labute approximate surface area is 110 Å². The highest BCUT2D eigenvalue weighted by Crippen LogP contribution is 2.25. The molecule has 0 aromatic heterocycles. The molecular formula is C13H17BrFNO. The first-order valence-electron chi connectivity index (χ1n) is 6.06. The van der Waals surface area contributed by atoms with Crippen molar-refractivity contribution < 1.29 is 9.13 Å². The smallest absolute Gasteiger partial charge is 0.136 e. The summed E-state index contributed by atoms with van der Waals surface area (Å²) in [6, 6.07) is 4.51. The molecule has 0 radical (unpaired) electrons. The lowest BCUT2D eigenvalue weighted by Gasteiger charge is -2.14. The molecule has 94 valence electrons. The van der Waals surface area contributed by atoms with Gasteiger partial charge in [0.1, 0.15) is 11.6 Å². The average Bonchev–Trinajstić information content (AvgIpc) is 2.82. The molecule has 0 amide bonds. The third kappa shape index (κ3) is 3.96. The lowest BCUT2D eigenvalue weighted by atomic mass is 10.3. The largest absolute Gasteiger partial charge is 0.492 e. The van der Waals surface area contributed by atoms with Gasteiger partial charge in [0.05, 0.1) is 11.1 Å². The van der Waals surface area contributed by atoms with E-state index in [1.165, 1.54) is 38.1 Å². The molecule has 0 aliphatic carbocycles. The van der Waals surface area contributed by atoms with Crippen LogP contribution in [0.15, 0.2) is 22.7 Å². The minimum atomic E-state index is -0.261. The summed E-state index contributed by atoms with van der Waals surface area (Å²) in [5.74, 6) is 0.328. The summed E-state index contributed by atoms with van der Waals surface area (Å²) in [4.78, 5) is 2.45. The lowest BCUT2D eigenvalue weighted by molar-refractivity contribution is 0.261. The number of nitrogens with zero attached hydrogens (tertiary/aromatic N) is 1. The zero-order valence-electron chi connectivity index (χ0n) is 9.79. The third-order valence-corrected chi connectivity index (χ3v) is 3.62. The van der Waals surface area contributed by atoms with Crippen molar-refractivity contribution in [3.05, 3.63) is 28.5 Å². The average molecular weight is 302 g/mol. The number of likely N-dealkylation sites (tertiary alicyclic amines) is 1. The first-order valence-corrected chi connectivity index (χ1v) is 6.85. The summed E-state index contributed by atoms with van der Waals surface area (Å²) >= 11 is 3.35. The fourth-order valence-corrected chi connectivity index (χ4v) is 2.43. The first kappa shape index (κ1) is 12.8. The molecule has 17 heavy (non-hydrogen) atoms. The molecule has 1 heterocycles. The maximum absolute atomic E-state index is 13.0. The zero-order chi connectivity index (χ0) is 12.1. The summed E-state index contributed by atoms with van der Waals surface area (Å²) in [6.07, 6.45) is 3.62. The second kappa shape index (κ2) is 6.36. The summed E-state index contributed by atoms with van der Waals surface area (Å²) in [7, 11) is 0. The minimum Gasteiger partial charge on any atom is -0.492 e. The predicted octanol–water partition coefficient (Wildman–Crippen LogP) is 3.45. The topological polar surface area (TPSA) is 12.5 Å². The van der Waals surface area contributed by atoms with Crippen LogP contribution in [0.3, 0.4) is 0 Å². The molecule has 1 aromatic carbocycles. The second-order valence-electron chi connectivity index (χ2n) is 4.33. The Kier molecular flexibility index (Phi) is 4.80. The molecule has 4 heteroatoms. The third-order valence-electron chi connectivity index (χ3n) is 2.97. The van der Waals surface area contributed by atoms with Gasteiger partial charge in [-0.2, -0.15) is 0 Å². The van der Waals surface area contributed by atoms with Gasteiger partial charge in [-0.1, -0.05) is 0 Å². The van der Waals surface area contributed by atoms with Gasteiger partial charge in [0.2, 0.25) is 0 Å². The van der Waals surface area contributed by atoms with Crippen LogP contribution in [-0.4, -0.2) is 31.1 Å². The predicted molar refractivity (Wildman–Crippen MR) is 69.9 cm³/mol. The van der Waals surface area contributed by atoms with Crippen molar-refractivity contribution in [2.45, 2.75) is 19.3 Å². The van der Waals surface area contributed by atoms with Gasteiger partial charge in [-0.15, -0.1) is 0 Å². The highest BCUT2D eigenvalue weighted by molar-refractivity contribution is 9.10. The van der Waals surface area contributed by atoms with Crippen LogP contribution in [0, 0.1) is 5.82 Å². The van der Waals surface area contributed by atoms with E-state index in [0.717, 1.165) is 17.4 Å². The van der Waals surface area contributed by atoms with Crippen LogP contribution < -0.4 is 4.74 Å². The molecular weight excluding hydrogens is 285 g/mol. The van der Waals surface area contributed by atoms with Crippen LogP contribution in [0.1, 0.15) is 19.3 Å². The highest BCUT2D eigenvalue weighted by Gasteiger charge is 2.10. The molecule has 1 aliphatic heterocycles. The molecule has 1 fully saturated rings. The van der Waals surface area contributed by atoms with Crippen molar-refractivity contribution in [3.63, 3.8) is 0 Å². The zero-order valence-corrected chi connectivity index (χ0v) is 11.4. The molecule has 1 saturated heterocycles. The van der Waals surface area contributed by atoms with Crippen LogP contribution >= 0.6 is 15.9 Å². The molecule has 0 spiro atoms.